The van der Waals surface area contributed by atoms with Gasteiger partial charge in [0, 0.05) is 32.4 Å². The van der Waals surface area contributed by atoms with Gasteiger partial charge in [-0.1, -0.05) is 13.3 Å². The fraction of sp³-hybridized carbons (Fsp3) is 0.850. The van der Waals surface area contributed by atoms with Crippen molar-refractivity contribution in [2.45, 2.75) is 83.1 Å². The Morgan fingerprint density at radius 3 is 2.30 bits per heavy atom. The zero-order valence-corrected chi connectivity index (χ0v) is 16.0. The zero-order valence-electron chi connectivity index (χ0n) is 16.0. The number of hydrogen-bond donors (Lipinski definition) is 1. The Bertz CT molecular complexity index is 626. The van der Waals surface area contributed by atoms with Crippen molar-refractivity contribution in [1.82, 2.24) is 10.2 Å². The van der Waals surface area contributed by atoms with Crippen LogP contribution in [0.25, 0.3) is 0 Å². The Balaban J connectivity index is 1.62. The molecule has 0 radical (unpaired) electrons. The van der Waals surface area contributed by atoms with Gasteiger partial charge in [0.05, 0.1) is 17.5 Å². The third kappa shape index (κ3) is 4.97. The number of likely N-dealkylation sites (tertiary alicyclic amines) is 1. The number of alkyl halides is 2. The second kappa shape index (κ2) is 7.37. The molecule has 0 aromatic heterocycles. The van der Waals surface area contributed by atoms with Gasteiger partial charge in [-0.2, -0.15) is 5.26 Å². The summed E-state index contributed by atoms with van der Waals surface area (Å²) in [5, 5.41) is 11.8. The van der Waals surface area contributed by atoms with E-state index in [0.717, 1.165) is 12.8 Å². The molecule has 2 saturated carbocycles. The van der Waals surface area contributed by atoms with E-state index < -0.39 is 35.6 Å². The van der Waals surface area contributed by atoms with E-state index in [1.54, 1.807) is 11.8 Å². The van der Waals surface area contributed by atoms with Crippen LogP contribution >= 0.6 is 0 Å². The number of piperidine rings is 1. The normalized spacial score (nSPS) is 23.4. The minimum absolute atomic E-state index is 0.0558. The Morgan fingerprint density at radius 1 is 1.19 bits per heavy atom. The smallest absolute Gasteiger partial charge is 0.317 e. The van der Waals surface area contributed by atoms with Gasteiger partial charge in [-0.25, -0.2) is 13.6 Å². The number of nitrogens with zero attached hydrogens (tertiary/aromatic N) is 2. The molecular formula is C20H29F2N3O2. The molecule has 27 heavy (non-hydrogen) atoms. The Labute approximate surface area is 159 Å². The van der Waals surface area contributed by atoms with Crippen molar-refractivity contribution in [1.29, 1.82) is 5.26 Å². The van der Waals surface area contributed by atoms with Crippen molar-refractivity contribution in [2.75, 3.05) is 13.1 Å². The lowest BCUT2D eigenvalue weighted by atomic mass is 9.92. The summed E-state index contributed by atoms with van der Waals surface area (Å²) in [7, 11) is 0. The van der Waals surface area contributed by atoms with Gasteiger partial charge in [-0.3, -0.25) is 4.79 Å². The van der Waals surface area contributed by atoms with Gasteiger partial charge in [0.15, 0.2) is 5.78 Å². The predicted molar refractivity (Wildman–Crippen MR) is 96.2 cm³/mol. The van der Waals surface area contributed by atoms with E-state index in [4.69, 9.17) is 0 Å². The van der Waals surface area contributed by atoms with E-state index in [2.05, 4.69) is 11.4 Å². The number of hydrogen-bond acceptors (Lipinski definition) is 3. The first-order valence-corrected chi connectivity index (χ1v) is 10.1. The molecule has 2 amide bonds. The maximum absolute atomic E-state index is 14.2. The molecule has 0 aromatic carbocycles. The highest BCUT2D eigenvalue weighted by molar-refractivity contribution is 5.89. The Hall–Kier alpha value is -1.71. The van der Waals surface area contributed by atoms with Gasteiger partial charge in [-0.05, 0) is 43.9 Å². The third-order valence-electron chi connectivity index (χ3n) is 6.48. The summed E-state index contributed by atoms with van der Waals surface area (Å²) in [5.41, 5.74) is -0.297. The van der Waals surface area contributed by atoms with Crippen LogP contribution in [0.2, 0.25) is 0 Å². The summed E-state index contributed by atoms with van der Waals surface area (Å²) in [4.78, 5) is 26.9. The largest absolute Gasteiger partial charge is 0.328 e. The van der Waals surface area contributed by atoms with Gasteiger partial charge in [-0.15, -0.1) is 0 Å². The maximum Gasteiger partial charge on any atom is 0.317 e. The summed E-state index contributed by atoms with van der Waals surface area (Å²) in [6, 6.07) is 0.460. The highest BCUT2D eigenvalue weighted by Gasteiger charge is 2.48. The molecule has 0 aromatic rings. The topological polar surface area (TPSA) is 73.2 Å². The minimum atomic E-state index is -3.01. The maximum atomic E-state index is 14.2. The fourth-order valence-corrected chi connectivity index (χ4v) is 4.05. The van der Waals surface area contributed by atoms with Crippen LogP contribution in [0, 0.1) is 22.2 Å². The predicted octanol–water partition coefficient (Wildman–Crippen LogP) is 4.03. The van der Waals surface area contributed by atoms with Crippen molar-refractivity contribution in [3.63, 3.8) is 0 Å². The molecule has 2 aliphatic carbocycles. The van der Waals surface area contributed by atoms with Gasteiger partial charge >= 0.3 is 6.03 Å². The van der Waals surface area contributed by atoms with E-state index in [1.807, 2.05) is 0 Å². The summed E-state index contributed by atoms with van der Waals surface area (Å²) >= 11 is 0. The molecule has 7 heteroatoms. The monoisotopic (exact) mass is 381 g/mol. The number of Topliss-reactive ketones (excluding diaryl/α,β-unsaturated/α-hetero) is 1. The summed E-state index contributed by atoms with van der Waals surface area (Å²) in [5.74, 6) is -3.46. The molecule has 3 fully saturated rings. The number of carbonyl (C=O) groups excluding carboxylic acids is 2. The minimum Gasteiger partial charge on any atom is -0.328 e. The van der Waals surface area contributed by atoms with Gasteiger partial charge < -0.3 is 10.2 Å². The third-order valence-corrected chi connectivity index (χ3v) is 6.48. The highest BCUT2D eigenvalue weighted by atomic mass is 19.3. The molecule has 1 spiro atoms. The molecule has 0 bridgehead atoms. The first-order valence-electron chi connectivity index (χ1n) is 10.1. The van der Waals surface area contributed by atoms with Crippen molar-refractivity contribution in [3.8, 4) is 6.07 Å². The number of carbonyl (C=O) groups is 2. The lowest BCUT2D eigenvalue weighted by Crippen LogP contribution is -2.52. The number of rotatable bonds is 8. The molecule has 1 aliphatic heterocycles. The fourth-order valence-electron chi connectivity index (χ4n) is 4.05. The van der Waals surface area contributed by atoms with Crippen LogP contribution < -0.4 is 5.32 Å². The van der Waals surface area contributed by atoms with Gasteiger partial charge in [0.25, 0.3) is 5.92 Å². The van der Waals surface area contributed by atoms with Crippen LogP contribution in [-0.2, 0) is 4.79 Å². The van der Waals surface area contributed by atoms with E-state index >= 15 is 0 Å². The van der Waals surface area contributed by atoms with Crippen LogP contribution in [0.15, 0.2) is 0 Å². The van der Waals surface area contributed by atoms with Crippen LogP contribution in [0.5, 0.6) is 0 Å². The van der Waals surface area contributed by atoms with Crippen molar-refractivity contribution < 1.29 is 18.4 Å². The Morgan fingerprint density at radius 2 is 1.81 bits per heavy atom. The second-order valence-electron chi connectivity index (χ2n) is 8.83. The van der Waals surface area contributed by atoms with Gasteiger partial charge in [0.1, 0.15) is 0 Å². The van der Waals surface area contributed by atoms with Crippen LogP contribution in [0.1, 0.15) is 71.1 Å². The van der Waals surface area contributed by atoms with E-state index in [0.29, 0.717) is 37.8 Å². The highest BCUT2D eigenvalue weighted by Crippen LogP contribution is 2.53. The quantitative estimate of drug-likeness (QED) is 0.690. The standard InChI is InChI=1S/C20H29F2N3O2/c1-2-3-20(21,22)12-15(16(26)13-19(14-23)6-7-19)24-17(27)25-10-8-18(4-5-18)9-11-25/h15H,2-13H2,1H3,(H,24,27)/t15-/m0/s1. The van der Waals surface area contributed by atoms with Crippen molar-refractivity contribution in [2.24, 2.45) is 10.8 Å². The SMILES string of the molecule is CCCC(F)(F)C[C@H](NC(=O)N1CCC2(CC1)CC2)C(=O)CC1(C#N)CC1. The number of urea groups is 1. The molecule has 1 heterocycles. The average molecular weight is 381 g/mol. The molecule has 0 unspecified atom stereocenters. The number of nitriles is 1. The molecule has 3 rings (SSSR count). The number of amides is 2. The molecule has 1 saturated heterocycles. The summed E-state index contributed by atoms with van der Waals surface area (Å²) in [6.45, 7) is 2.89. The lowest BCUT2D eigenvalue weighted by molar-refractivity contribution is -0.124. The summed E-state index contributed by atoms with van der Waals surface area (Å²) < 4.78 is 28.4. The van der Waals surface area contributed by atoms with E-state index in [9.17, 15) is 23.6 Å². The molecule has 5 nitrogen and oxygen atoms in total. The first kappa shape index (κ1) is 20.0. The van der Waals surface area contributed by atoms with Crippen molar-refractivity contribution in [3.05, 3.63) is 0 Å². The van der Waals surface area contributed by atoms with Crippen LogP contribution in [0.3, 0.4) is 0 Å². The molecule has 1 atom stereocenters. The number of ketones is 1. The van der Waals surface area contributed by atoms with Crippen LogP contribution in [-0.4, -0.2) is 41.8 Å². The summed E-state index contributed by atoms with van der Waals surface area (Å²) in [6.07, 6.45) is 4.80. The second-order valence-corrected chi connectivity index (χ2v) is 8.83. The molecular weight excluding hydrogens is 352 g/mol. The van der Waals surface area contributed by atoms with E-state index in [1.165, 1.54) is 12.8 Å². The lowest BCUT2D eigenvalue weighted by Gasteiger charge is -2.33. The van der Waals surface area contributed by atoms with Crippen LogP contribution in [0.4, 0.5) is 13.6 Å². The number of nitrogens with one attached hydrogen (secondary N) is 1. The average Bonchev–Trinajstić information content (AvgIpc) is 3.53. The molecule has 1 N–H and O–H groups in total. The first-order chi connectivity index (χ1) is 12.7. The zero-order chi connectivity index (χ0) is 19.7. The molecule has 150 valence electrons. The number of halogens is 2. The van der Waals surface area contributed by atoms with Crippen molar-refractivity contribution >= 4 is 11.8 Å². The Kier molecular flexibility index (Phi) is 5.47. The van der Waals surface area contributed by atoms with E-state index in [-0.39, 0.29) is 12.8 Å². The molecule has 3 aliphatic rings. The van der Waals surface area contributed by atoms with Gasteiger partial charge in [0.2, 0.25) is 0 Å².